The van der Waals surface area contributed by atoms with E-state index >= 15 is 0 Å². The minimum Gasteiger partial charge on any atom is -0.497 e. The molecule has 1 saturated heterocycles. The van der Waals surface area contributed by atoms with E-state index in [0.717, 1.165) is 31.4 Å². The number of halogens is 1. The topological polar surface area (TPSA) is 67.8 Å². The van der Waals surface area contributed by atoms with Crippen LogP contribution in [-0.4, -0.2) is 55.3 Å². The number of hydrogen-bond donors (Lipinski definition) is 0. The summed E-state index contributed by atoms with van der Waals surface area (Å²) in [5, 5.41) is 0. The van der Waals surface area contributed by atoms with Crippen LogP contribution in [0.15, 0.2) is 54.7 Å². The molecule has 2 aromatic carbocycles. The molecule has 0 atom stereocenters. The van der Waals surface area contributed by atoms with Gasteiger partial charge in [0.05, 0.1) is 31.6 Å². The molecule has 2 fully saturated rings. The Morgan fingerprint density at radius 1 is 1.11 bits per heavy atom. The van der Waals surface area contributed by atoms with E-state index in [1.54, 1.807) is 31.5 Å². The second-order valence-electron chi connectivity index (χ2n) is 8.83. The molecule has 5 rings (SSSR count). The second-order valence-corrected chi connectivity index (χ2v) is 8.83. The molecule has 0 radical (unpaired) electrons. The Balaban J connectivity index is 1.61. The fraction of sp³-hybridized carbons (Fsp3) is 0.370. The fourth-order valence-corrected chi connectivity index (χ4v) is 4.85. The lowest BCUT2D eigenvalue weighted by atomic mass is 10.0. The van der Waals surface area contributed by atoms with Crippen molar-refractivity contribution in [3.63, 3.8) is 0 Å². The summed E-state index contributed by atoms with van der Waals surface area (Å²) < 4.78 is 25.8. The van der Waals surface area contributed by atoms with E-state index in [-0.39, 0.29) is 23.1 Å². The van der Waals surface area contributed by atoms with Crippen molar-refractivity contribution in [2.75, 3.05) is 43.2 Å². The quantitative estimate of drug-likeness (QED) is 0.513. The van der Waals surface area contributed by atoms with Gasteiger partial charge in [-0.3, -0.25) is 4.79 Å². The molecular weight excluding hydrogens is 447 g/mol. The Morgan fingerprint density at radius 2 is 1.89 bits per heavy atom. The van der Waals surface area contributed by atoms with Crippen LogP contribution >= 0.6 is 0 Å². The van der Waals surface area contributed by atoms with E-state index in [1.807, 2.05) is 34.1 Å². The van der Waals surface area contributed by atoms with Gasteiger partial charge in [-0.2, -0.15) is 0 Å². The number of ether oxygens (including phenoxy) is 2. The zero-order valence-corrected chi connectivity index (χ0v) is 19.8. The average molecular weight is 477 g/mol. The van der Waals surface area contributed by atoms with Crippen LogP contribution in [0.5, 0.6) is 5.75 Å². The molecule has 1 aliphatic carbocycles. The van der Waals surface area contributed by atoms with E-state index in [0.29, 0.717) is 43.7 Å². The predicted octanol–water partition coefficient (Wildman–Crippen LogP) is 4.72. The highest BCUT2D eigenvalue weighted by Gasteiger charge is 2.32. The highest BCUT2D eigenvalue weighted by molar-refractivity contribution is 6.10. The molecule has 0 spiro atoms. The third kappa shape index (κ3) is 4.84. The lowest BCUT2D eigenvalue weighted by molar-refractivity contribution is 0.0976. The first kappa shape index (κ1) is 23.2. The van der Waals surface area contributed by atoms with Gasteiger partial charge in [0, 0.05) is 42.6 Å². The third-order valence-corrected chi connectivity index (χ3v) is 6.67. The van der Waals surface area contributed by atoms with E-state index in [9.17, 15) is 9.18 Å². The molecule has 7 nitrogen and oxygen atoms in total. The van der Waals surface area contributed by atoms with Crippen LogP contribution in [0.1, 0.15) is 36.0 Å². The van der Waals surface area contributed by atoms with Crippen LogP contribution in [0, 0.1) is 5.82 Å². The van der Waals surface area contributed by atoms with Crippen molar-refractivity contribution in [2.45, 2.75) is 31.7 Å². The number of methoxy groups -OCH3 is 1. The standard InChI is InChI=1S/C27H29FN4O3/c1-34-21-10-6-9-20(17-21)32(19-7-2-3-8-19)26(33)23-18-29-27(31-13-15-35-16-14-31)30-25(23)22-11-4-5-12-24(22)28/h4-6,9-12,17-19H,2-3,7-8,13-16H2,1H3. The Hall–Kier alpha value is -3.52. The van der Waals surface area contributed by atoms with Crippen molar-refractivity contribution in [3.05, 3.63) is 66.1 Å². The van der Waals surface area contributed by atoms with Gasteiger partial charge in [-0.1, -0.05) is 31.0 Å². The first-order chi connectivity index (χ1) is 17.2. The van der Waals surface area contributed by atoms with Gasteiger partial charge in [-0.15, -0.1) is 0 Å². The Labute approximate surface area is 204 Å². The molecule has 1 saturated carbocycles. The molecule has 1 aliphatic heterocycles. The van der Waals surface area contributed by atoms with Gasteiger partial charge in [0.2, 0.25) is 5.95 Å². The summed E-state index contributed by atoms with van der Waals surface area (Å²) in [6, 6.07) is 14.0. The molecule has 2 heterocycles. The molecule has 1 aromatic heterocycles. The number of carbonyl (C=O) groups excluding carboxylic acids is 1. The molecule has 1 amide bonds. The molecule has 3 aromatic rings. The van der Waals surface area contributed by atoms with E-state index in [2.05, 4.69) is 4.98 Å². The summed E-state index contributed by atoms with van der Waals surface area (Å²) in [6.45, 7) is 2.43. The number of nitrogens with zero attached hydrogens (tertiary/aromatic N) is 4. The van der Waals surface area contributed by atoms with Gasteiger partial charge in [0.15, 0.2) is 0 Å². The number of morpholine rings is 1. The maximum atomic E-state index is 15.0. The van der Waals surface area contributed by atoms with Gasteiger partial charge < -0.3 is 19.3 Å². The van der Waals surface area contributed by atoms with Crippen LogP contribution in [-0.2, 0) is 4.74 Å². The maximum absolute atomic E-state index is 15.0. The van der Waals surface area contributed by atoms with Gasteiger partial charge >= 0.3 is 0 Å². The normalized spacial score (nSPS) is 16.3. The minimum atomic E-state index is -0.429. The predicted molar refractivity (Wildman–Crippen MR) is 133 cm³/mol. The van der Waals surface area contributed by atoms with Crippen molar-refractivity contribution in [2.24, 2.45) is 0 Å². The highest BCUT2D eigenvalue weighted by atomic mass is 19.1. The van der Waals surface area contributed by atoms with Crippen molar-refractivity contribution < 1.29 is 18.7 Å². The summed E-state index contributed by atoms with van der Waals surface area (Å²) in [5.74, 6) is 0.474. The van der Waals surface area contributed by atoms with Gasteiger partial charge in [0.25, 0.3) is 5.91 Å². The van der Waals surface area contributed by atoms with Crippen molar-refractivity contribution in [1.82, 2.24) is 9.97 Å². The summed E-state index contributed by atoms with van der Waals surface area (Å²) in [6.07, 6.45) is 5.48. The monoisotopic (exact) mass is 476 g/mol. The number of carbonyl (C=O) groups is 1. The number of amides is 1. The average Bonchev–Trinajstić information content (AvgIpc) is 3.44. The van der Waals surface area contributed by atoms with Gasteiger partial charge in [-0.25, -0.2) is 14.4 Å². The molecule has 182 valence electrons. The Morgan fingerprint density at radius 3 is 2.63 bits per heavy atom. The fourth-order valence-electron chi connectivity index (χ4n) is 4.85. The molecule has 0 N–H and O–H groups in total. The highest BCUT2D eigenvalue weighted by Crippen LogP contribution is 2.34. The number of aromatic nitrogens is 2. The van der Waals surface area contributed by atoms with Gasteiger partial charge in [-0.05, 0) is 37.1 Å². The smallest absolute Gasteiger partial charge is 0.262 e. The minimum absolute atomic E-state index is 0.0435. The number of hydrogen-bond acceptors (Lipinski definition) is 6. The Bertz CT molecular complexity index is 1190. The molecule has 8 heteroatoms. The summed E-state index contributed by atoms with van der Waals surface area (Å²) in [4.78, 5) is 27.3. The van der Waals surface area contributed by atoms with Crippen LogP contribution in [0.4, 0.5) is 16.0 Å². The first-order valence-corrected chi connectivity index (χ1v) is 12.1. The summed E-state index contributed by atoms with van der Waals surface area (Å²) in [7, 11) is 1.61. The molecule has 0 bridgehead atoms. The third-order valence-electron chi connectivity index (χ3n) is 6.67. The van der Waals surface area contributed by atoms with Crippen molar-refractivity contribution >= 4 is 17.5 Å². The lowest BCUT2D eigenvalue weighted by Crippen LogP contribution is -2.40. The summed E-state index contributed by atoms with van der Waals surface area (Å²) in [5.41, 5.74) is 1.61. The zero-order valence-electron chi connectivity index (χ0n) is 19.8. The second kappa shape index (κ2) is 10.4. The van der Waals surface area contributed by atoms with E-state index < -0.39 is 5.82 Å². The maximum Gasteiger partial charge on any atom is 0.262 e. The number of anilines is 2. The molecular formula is C27H29FN4O3. The molecule has 35 heavy (non-hydrogen) atoms. The van der Waals surface area contributed by atoms with E-state index in [1.165, 1.54) is 6.07 Å². The van der Waals surface area contributed by atoms with Crippen molar-refractivity contribution in [1.29, 1.82) is 0 Å². The number of rotatable bonds is 6. The lowest BCUT2D eigenvalue weighted by Gasteiger charge is -2.31. The first-order valence-electron chi connectivity index (χ1n) is 12.1. The van der Waals surface area contributed by atoms with Crippen LogP contribution < -0.4 is 14.5 Å². The van der Waals surface area contributed by atoms with Gasteiger partial charge in [0.1, 0.15) is 11.6 Å². The largest absolute Gasteiger partial charge is 0.497 e. The van der Waals surface area contributed by atoms with E-state index in [4.69, 9.17) is 14.5 Å². The van der Waals surface area contributed by atoms with Crippen LogP contribution in [0.2, 0.25) is 0 Å². The zero-order chi connectivity index (χ0) is 24.2. The van der Waals surface area contributed by atoms with Crippen molar-refractivity contribution in [3.8, 4) is 17.0 Å². The Kier molecular flexibility index (Phi) is 6.90. The molecule has 2 aliphatic rings. The number of benzene rings is 2. The van der Waals surface area contributed by atoms with Crippen LogP contribution in [0.3, 0.4) is 0 Å². The SMILES string of the molecule is COc1cccc(N(C(=O)c2cnc(N3CCOCC3)nc2-c2ccccc2F)C2CCCC2)c1. The molecule has 0 unspecified atom stereocenters. The van der Waals surface area contributed by atoms with Crippen LogP contribution in [0.25, 0.3) is 11.3 Å². The summed E-state index contributed by atoms with van der Waals surface area (Å²) >= 11 is 0.